The topological polar surface area (TPSA) is 72.5 Å². The maximum atomic E-state index is 12.5. The minimum atomic E-state index is -0.111. The lowest BCUT2D eigenvalue weighted by atomic mass is 9.78. The molecule has 7 heteroatoms. The quantitative estimate of drug-likeness (QED) is 0.884. The fourth-order valence-corrected chi connectivity index (χ4v) is 4.57. The van der Waals surface area contributed by atoms with Crippen molar-refractivity contribution in [2.24, 2.45) is 7.05 Å². The molecule has 4 rings (SSSR count). The Balaban J connectivity index is 1.46. The van der Waals surface area contributed by atoms with Gasteiger partial charge in [0.25, 0.3) is 5.91 Å². The van der Waals surface area contributed by atoms with E-state index in [-0.39, 0.29) is 23.6 Å². The number of ether oxygens (including phenoxy) is 1. The third kappa shape index (κ3) is 3.05. The van der Waals surface area contributed by atoms with Gasteiger partial charge in [0.1, 0.15) is 11.5 Å². The molecule has 1 N–H and O–H groups in total. The van der Waals surface area contributed by atoms with E-state index in [1.54, 1.807) is 30.3 Å². The standard InChI is InChI=1S/C19H26N4O3/c1-22-16(6-9-20-22)18(24)21-14-5-7-19(25-2)8-10-23(17(19)12-14)13-15-4-3-11-26-15/h3-4,6,9,11,14,17H,5,7-8,10,12-13H2,1-2H3,(H,21,24)/t14-,17+,19-/m1/s1. The highest BCUT2D eigenvalue weighted by molar-refractivity contribution is 5.92. The van der Waals surface area contributed by atoms with Crippen LogP contribution in [0.4, 0.5) is 0 Å². The van der Waals surface area contributed by atoms with Crippen molar-refractivity contribution in [2.45, 2.75) is 49.9 Å². The summed E-state index contributed by atoms with van der Waals surface area (Å²) in [6.07, 6.45) is 7.16. The van der Waals surface area contributed by atoms with E-state index in [1.165, 1.54) is 0 Å². The van der Waals surface area contributed by atoms with Gasteiger partial charge in [-0.05, 0) is 43.9 Å². The van der Waals surface area contributed by atoms with Crippen molar-refractivity contribution in [3.05, 3.63) is 42.1 Å². The van der Waals surface area contributed by atoms with E-state index in [1.807, 2.05) is 19.2 Å². The Labute approximate surface area is 153 Å². The van der Waals surface area contributed by atoms with Gasteiger partial charge in [-0.3, -0.25) is 14.4 Å². The lowest BCUT2D eigenvalue weighted by Crippen LogP contribution is -2.54. The van der Waals surface area contributed by atoms with E-state index >= 15 is 0 Å². The molecular weight excluding hydrogens is 332 g/mol. The lowest BCUT2D eigenvalue weighted by molar-refractivity contribution is -0.0684. The van der Waals surface area contributed by atoms with E-state index in [9.17, 15) is 4.79 Å². The number of likely N-dealkylation sites (tertiary alicyclic amines) is 1. The van der Waals surface area contributed by atoms with Crippen LogP contribution >= 0.6 is 0 Å². The molecule has 1 saturated heterocycles. The van der Waals surface area contributed by atoms with E-state index in [2.05, 4.69) is 15.3 Å². The molecule has 0 bridgehead atoms. The number of rotatable bonds is 5. The molecule has 1 amide bonds. The van der Waals surface area contributed by atoms with Crippen molar-refractivity contribution < 1.29 is 13.9 Å². The second-order valence-electron chi connectivity index (χ2n) is 7.37. The van der Waals surface area contributed by atoms with Crippen LogP contribution in [0.15, 0.2) is 35.1 Å². The van der Waals surface area contributed by atoms with Crippen molar-refractivity contribution in [3.63, 3.8) is 0 Å². The molecule has 2 fully saturated rings. The maximum absolute atomic E-state index is 12.5. The number of methoxy groups -OCH3 is 1. The minimum absolute atomic E-state index is 0.0597. The summed E-state index contributed by atoms with van der Waals surface area (Å²) in [6.45, 7) is 1.77. The number of fused-ring (bicyclic) bond motifs is 1. The number of nitrogens with zero attached hydrogens (tertiary/aromatic N) is 3. The Morgan fingerprint density at radius 1 is 1.46 bits per heavy atom. The molecule has 7 nitrogen and oxygen atoms in total. The Hall–Kier alpha value is -2.12. The molecule has 0 radical (unpaired) electrons. The fraction of sp³-hybridized carbons (Fsp3) is 0.579. The number of nitrogens with one attached hydrogen (secondary N) is 1. The molecule has 26 heavy (non-hydrogen) atoms. The fourth-order valence-electron chi connectivity index (χ4n) is 4.57. The molecule has 1 aliphatic heterocycles. The zero-order chi connectivity index (χ0) is 18.1. The van der Waals surface area contributed by atoms with E-state index in [0.717, 1.165) is 44.5 Å². The van der Waals surface area contributed by atoms with Crippen LogP contribution in [0.5, 0.6) is 0 Å². The molecular formula is C19H26N4O3. The first kappa shape index (κ1) is 17.3. The van der Waals surface area contributed by atoms with E-state index in [0.29, 0.717) is 5.69 Å². The zero-order valence-electron chi connectivity index (χ0n) is 15.4. The van der Waals surface area contributed by atoms with Crippen molar-refractivity contribution in [3.8, 4) is 0 Å². The molecule has 3 heterocycles. The highest BCUT2D eigenvalue weighted by Crippen LogP contribution is 2.43. The van der Waals surface area contributed by atoms with Crippen LogP contribution in [0, 0.1) is 0 Å². The molecule has 0 spiro atoms. The number of carbonyl (C=O) groups excluding carboxylic acids is 1. The van der Waals surface area contributed by atoms with E-state index in [4.69, 9.17) is 9.15 Å². The van der Waals surface area contributed by atoms with Gasteiger partial charge in [0.2, 0.25) is 0 Å². The normalized spacial score (nSPS) is 28.8. The molecule has 2 aromatic heterocycles. The molecule has 0 aromatic carbocycles. The molecule has 2 aliphatic rings. The van der Waals surface area contributed by atoms with Gasteiger partial charge in [-0.25, -0.2) is 0 Å². The van der Waals surface area contributed by atoms with Crippen molar-refractivity contribution in [1.82, 2.24) is 20.0 Å². The van der Waals surface area contributed by atoms with Gasteiger partial charge in [0.15, 0.2) is 0 Å². The Kier molecular flexibility index (Phi) is 4.58. The molecule has 3 atom stereocenters. The summed E-state index contributed by atoms with van der Waals surface area (Å²) in [4.78, 5) is 15.0. The molecule has 1 saturated carbocycles. The van der Waals surface area contributed by atoms with Crippen LogP contribution < -0.4 is 5.32 Å². The summed E-state index contributed by atoms with van der Waals surface area (Å²) in [6, 6.07) is 6.10. The van der Waals surface area contributed by atoms with Crippen molar-refractivity contribution >= 4 is 5.91 Å². The van der Waals surface area contributed by atoms with Crippen LogP contribution in [0.1, 0.15) is 41.9 Å². The van der Waals surface area contributed by atoms with Gasteiger partial charge in [0.05, 0.1) is 18.4 Å². The Morgan fingerprint density at radius 2 is 2.35 bits per heavy atom. The van der Waals surface area contributed by atoms with Gasteiger partial charge in [0, 0.05) is 39.0 Å². The average Bonchev–Trinajstić information content (AvgIpc) is 3.37. The molecule has 140 valence electrons. The predicted molar refractivity (Wildman–Crippen MR) is 95.6 cm³/mol. The van der Waals surface area contributed by atoms with Crippen LogP contribution in [-0.4, -0.2) is 51.9 Å². The molecule has 0 unspecified atom stereocenters. The van der Waals surface area contributed by atoms with Crippen LogP contribution in [0.25, 0.3) is 0 Å². The third-order valence-electron chi connectivity index (χ3n) is 6.03. The highest BCUT2D eigenvalue weighted by atomic mass is 16.5. The summed E-state index contributed by atoms with van der Waals surface area (Å²) in [5, 5.41) is 7.27. The van der Waals surface area contributed by atoms with Crippen LogP contribution in [0.2, 0.25) is 0 Å². The number of hydrogen-bond acceptors (Lipinski definition) is 5. The summed E-state index contributed by atoms with van der Waals surface area (Å²) >= 11 is 0. The van der Waals surface area contributed by atoms with Crippen LogP contribution in [-0.2, 0) is 18.3 Å². The largest absolute Gasteiger partial charge is 0.468 e. The highest BCUT2D eigenvalue weighted by Gasteiger charge is 2.51. The SMILES string of the molecule is CO[C@@]12CC[C@@H](NC(=O)c3ccnn3C)C[C@@H]1N(Cc1ccco1)CC2. The summed E-state index contributed by atoms with van der Waals surface area (Å²) in [5.41, 5.74) is 0.479. The monoisotopic (exact) mass is 358 g/mol. The summed E-state index contributed by atoms with van der Waals surface area (Å²) in [7, 11) is 3.60. The predicted octanol–water partition coefficient (Wildman–Crippen LogP) is 1.96. The first-order chi connectivity index (χ1) is 12.6. The second kappa shape index (κ2) is 6.89. The minimum Gasteiger partial charge on any atom is -0.468 e. The van der Waals surface area contributed by atoms with Gasteiger partial charge >= 0.3 is 0 Å². The van der Waals surface area contributed by atoms with E-state index < -0.39 is 0 Å². The Bertz CT molecular complexity index is 757. The van der Waals surface area contributed by atoms with Crippen molar-refractivity contribution in [2.75, 3.05) is 13.7 Å². The average molecular weight is 358 g/mol. The lowest BCUT2D eigenvalue weighted by Gasteiger charge is -2.43. The van der Waals surface area contributed by atoms with Gasteiger partial charge < -0.3 is 14.5 Å². The number of furan rings is 1. The van der Waals surface area contributed by atoms with Gasteiger partial charge in [-0.15, -0.1) is 0 Å². The number of hydrogen-bond donors (Lipinski definition) is 1. The number of aryl methyl sites for hydroxylation is 1. The summed E-state index contributed by atoms with van der Waals surface area (Å²) in [5.74, 6) is 0.911. The number of aromatic nitrogens is 2. The van der Waals surface area contributed by atoms with Gasteiger partial charge in [-0.2, -0.15) is 5.10 Å². The molecule has 1 aliphatic carbocycles. The summed E-state index contributed by atoms with van der Waals surface area (Å²) < 4.78 is 13.1. The molecule has 2 aromatic rings. The first-order valence-electron chi connectivity index (χ1n) is 9.22. The maximum Gasteiger partial charge on any atom is 0.269 e. The second-order valence-corrected chi connectivity index (χ2v) is 7.37. The van der Waals surface area contributed by atoms with Gasteiger partial charge in [-0.1, -0.05) is 0 Å². The number of carbonyl (C=O) groups is 1. The van der Waals surface area contributed by atoms with Crippen molar-refractivity contribution in [1.29, 1.82) is 0 Å². The Morgan fingerprint density at radius 3 is 3.04 bits per heavy atom. The first-order valence-corrected chi connectivity index (χ1v) is 9.22. The number of amides is 1. The third-order valence-corrected chi connectivity index (χ3v) is 6.03. The smallest absolute Gasteiger partial charge is 0.269 e. The zero-order valence-corrected chi connectivity index (χ0v) is 15.4. The van der Waals surface area contributed by atoms with Crippen LogP contribution in [0.3, 0.4) is 0 Å².